The van der Waals surface area contributed by atoms with Gasteiger partial charge in [-0.25, -0.2) is 0 Å². The van der Waals surface area contributed by atoms with Gasteiger partial charge < -0.3 is 10.6 Å². The average molecular weight is 276 g/mol. The predicted octanol–water partition coefficient (Wildman–Crippen LogP) is 1.85. The Kier molecular flexibility index (Phi) is 3.48. The zero-order valence-electron chi connectivity index (χ0n) is 11.5. The van der Waals surface area contributed by atoms with E-state index in [0.717, 1.165) is 25.2 Å². The second kappa shape index (κ2) is 5.28. The molecule has 2 saturated heterocycles. The van der Waals surface area contributed by atoms with E-state index < -0.39 is 4.92 Å². The number of benzene rings is 1. The Hall–Kier alpha value is -1.82. The zero-order chi connectivity index (χ0) is 14.1. The van der Waals surface area contributed by atoms with Crippen molar-refractivity contribution >= 4 is 17.1 Å². The molecule has 0 saturated carbocycles. The molecule has 1 aromatic carbocycles. The molecule has 0 bridgehead atoms. The molecule has 6 nitrogen and oxygen atoms in total. The summed E-state index contributed by atoms with van der Waals surface area (Å²) in [5.74, 6) is 0. The first-order valence-corrected chi connectivity index (χ1v) is 7.18. The van der Waals surface area contributed by atoms with Crippen LogP contribution in [0.15, 0.2) is 18.2 Å². The van der Waals surface area contributed by atoms with Crippen LogP contribution >= 0.6 is 0 Å². The Bertz CT molecular complexity index is 514. The first kappa shape index (κ1) is 13.2. The van der Waals surface area contributed by atoms with Crippen molar-refractivity contribution < 1.29 is 4.92 Å². The molecule has 2 aliphatic rings. The van der Waals surface area contributed by atoms with Crippen LogP contribution in [0.2, 0.25) is 0 Å². The van der Waals surface area contributed by atoms with Crippen molar-refractivity contribution in [2.75, 3.05) is 36.8 Å². The Labute approximate surface area is 118 Å². The Balaban J connectivity index is 1.72. The molecule has 0 spiro atoms. The first-order chi connectivity index (χ1) is 9.65. The number of non-ortho nitro benzene ring substituents is 1. The summed E-state index contributed by atoms with van der Waals surface area (Å²) in [6.45, 7) is 4.35. The van der Waals surface area contributed by atoms with Gasteiger partial charge in [-0.15, -0.1) is 0 Å². The predicted molar refractivity (Wildman–Crippen MR) is 78.9 cm³/mol. The van der Waals surface area contributed by atoms with Crippen LogP contribution in [0, 0.1) is 10.1 Å². The molecule has 2 heterocycles. The number of likely N-dealkylation sites (tertiary alicyclic amines) is 1. The SMILES string of the molecule is Nc1cc([N+](=O)[O-])ccc1N1CCC(N2CCCC2)C1. The van der Waals surface area contributed by atoms with Gasteiger partial charge in [0.15, 0.2) is 0 Å². The fraction of sp³-hybridized carbons (Fsp3) is 0.571. The van der Waals surface area contributed by atoms with E-state index >= 15 is 0 Å². The Morgan fingerprint density at radius 2 is 2.00 bits per heavy atom. The average Bonchev–Trinajstić information content (AvgIpc) is 3.09. The Morgan fingerprint density at radius 1 is 1.25 bits per heavy atom. The fourth-order valence-corrected chi connectivity index (χ4v) is 3.31. The summed E-state index contributed by atoms with van der Waals surface area (Å²) in [7, 11) is 0. The van der Waals surface area contributed by atoms with Crippen molar-refractivity contribution in [2.45, 2.75) is 25.3 Å². The van der Waals surface area contributed by atoms with Gasteiger partial charge in [0.2, 0.25) is 0 Å². The number of hydrogen-bond donors (Lipinski definition) is 1. The van der Waals surface area contributed by atoms with Crippen molar-refractivity contribution in [2.24, 2.45) is 0 Å². The zero-order valence-corrected chi connectivity index (χ0v) is 11.5. The van der Waals surface area contributed by atoms with Crippen LogP contribution in [0.25, 0.3) is 0 Å². The van der Waals surface area contributed by atoms with Crippen LogP contribution in [0.3, 0.4) is 0 Å². The van der Waals surface area contributed by atoms with Gasteiger partial charge in [0.05, 0.1) is 16.3 Å². The quantitative estimate of drug-likeness (QED) is 0.518. The number of nitro groups is 1. The molecular weight excluding hydrogens is 256 g/mol. The molecule has 0 radical (unpaired) electrons. The number of nitrogen functional groups attached to an aromatic ring is 1. The number of hydrogen-bond acceptors (Lipinski definition) is 5. The number of nitrogens with two attached hydrogens (primary N) is 1. The third kappa shape index (κ3) is 2.43. The first-order valence-electron chi connectivity index (χ1n) is 7.18. The van der Waals surface area contributed by atoms with Crippen molar-refractivity contribution in [3.05, 3.63) is 28.3 Å². The van der Waals surface area contributed by atoms with Crippen LogP contribution in [0.1, 0.15) is 19.3 Å². The highest BCUT2D eigenvalue weighted by molar-refractivity contribution is 5.71. The molecule has 2 N–H and O–H groups in total. The van der Waals surface area contributed by atoms with Gasteiger partial charge in [0, 0.05) is 31.3 Å². The van der Waals surface area contributed by atoms with E-state index in [1.807, 2.05) is 0 Å². The van der Waals surface area contributed by atoms with Crippen LogP contribution in [0.4, 0.5) is 17.1 Å². The molecule has 3 rings (SSSR count). The van der Waals surface area contributed by atoms with Gasteiger partial charge >= 0.3 is 0 Å². The van der Waals surface area contributed by atoms with Gasteiger partial charge in [0.25, 0.3) is 5.69 Å². The molecule has 2 fully saturated rings. The maximum absolute atomic E-state index is 10.7. The molecule has 1 unspecified atom stereocenters. The van der Waals surface area contributed by atoms with Gasteiger partial charge in [-0.2, -0.15) is 0 Å². The molecule has 2 aliphatic heterocycles. The minimum Gasteiger partial charge on any atom is -0.397 e. The van der Waals surface area contributed by atoms with Crippen molar-refractivity contribution in [1.82, 2.24) is 4.90 Å². The Morgan fingerprint density at radius 3 is 2.65 bits per heavy atom. The summed E-state index contributed by atoms with van der Waals surface area (Å²) in [6, 6.07) is 5.37. The molecule has 0 aromatic heterocycles. The van der Waals surface area contributed by atoms with E-state index in [0.29, 0.717) is 11.7 Å². The minimum absolute atomic E-state index is 0.0570. The monoisotopic (exact) mass is 276 g/mol. The number of anilines is 2. The topological polar surface area (TPSA) is 75.6 Å². The lowest BCUT2D eigenvalue weighted by molar-refractivity contribution is -0.384. The molecule has 0 amide bonds. The summed E-state index contributed by atoms with van der Waals surface area (Å²) in [4.78, 5) is 15.1. The maximum Gasteiger partial charge on any atom is 0.271 e. The second-order valence-electron chi connectivity index (χ2n) is 5.63. The number of nitro benzene ring substituents is 1. The second-order valence-corrected chi connectivity index (χ2v) is 5.63. The fourth-order valence-electron chi connectivity index (χ4n) is 3.31. The van der Waals surface area contributed by atoms with E-state index in [2.05, 4.69) is 9.80 Å². The lowest BCUT2D eigenvalue weighted by Crippen LogP contribution is -2.35. The molecule has 6 heteroatoms. The minimum atomic E-state index is -0.406. The molecule has 20 heavy (non-hydrogen) atoms. The van der Waals surface area contributed by atoms with Crippen molar-refractivity contribution in [3.8, 4) is 0 Å². The highest BCUT2D eigenvalue weighted by atomic mass is 16.6. The lowest BCUT2D eigenvalue weighted by atomic mass is 10.2. The van der Waals surface area contributed by atoms with E-state index in [-0.39, 0.29) is 5.69 Å². The highest BCUT2D eigenvalue weighted by Crippen LogP contribution is 2.31. The molecule has 1 atom stereocenters. The summed E-state index contributed by atoms with van der Waals surface area (Å²) in [5.41, 5.74) is 7.46. The lowest BCUT2D eigenvalue weighted by Gasteiger charge is -2.25. The third-order valence-electron chi connectivity index (χ3n) is 4.38. The standard InChI is InChI=1S/C14H20N4O2/c15-13-9-11(18(19)20)3-4-14(13)17-8-5-12(10-17)16-6-1-2-7-16/h3-4,9,12H,1-2,5-8,10,15H2. The van der Waals surface area contributed by atoms with Crippen LogP contribution in [0.5, 0.6) is 0 Å². The number of rotatable bonds is 3. The van der Waals surface area contributed by atoms with E-state index in [9.17, 15) is 10.1 Å². The van der Waals surface area contributed by atoms with Crippen molar-refractivity contribution in [3.63, 3.8) is 0 Å². The van der Waals surface area contributed by atoms with Crippen LogP contribution < -0.4 is 10.6 Å². The largest absolute Gasteiger partial charge is 0.397 e. The van der Waals surface area contributed by atoms with Crippen molar-refractivity contribution in [1.29, 1.82) is 0 Å². The molecule has 1 aromatic rings. The molecular formula is C14H20N4O2. The van der Waals surface area contributed by atoms with E-state index in [4.69, 9.17) is 5.73 Å². The summed E-state index contributed by atoms with van der Waals surface area (Å²) in [6.07, 6.45) is 3.75. The summed E-state index contributed by atoms with van der Waals surface area (Å²) < 4.78 is 0. The summed E-state index contributed by atoms with van der Waals surface area (Å²) in [5, 5.41) is 10.7. The van der Waals surface area contributed by atoms with Crippen LogP contribution in [-0.4, -0.2) is 42.0 Å². The smallest absolute Gasteiger partial charge is 0.271 e. The molecule has 108 valence electrons. The van der Waals surface area contributed by atoms with Gasteiger partial charge in [-0.3, -0.25) is 15.0 Å². The number of nitrogens with zero attached hydrogens (tertiary/aromatic N) is 3. The van der Waals surface area contributed by atoms with Crippen LogP contribution in [-0.2, 0) is 0 Å². The third-order valence-corrected chi connectivity index (χ3v) is 4.38. The normalized spacial score (nSPS) is 23.4. The van der Waals surface area contributed by atoms with E-state index in [1.165, 1.54) is 38.1 Å². The molecule has 0 aliphatic carbocycles. The highest BCUT2D eigenvalue weighted by Gasteiger charge is 2.30. The summed E-state index contributed by atoms with van der Waals surface area (Å²) >= 11 is 0. The maximum atomic E-state index is 10.7. The van der Waals surface area contributed by atoms with Gasteiger partial charge in [0.1, 0.15) is 0 Å². The van der Waals surface area contributed by atoms with E-state index in [1.54, 1.807) is 6.07 Å². The van der Waals surface area contributed by atoms with Gasteiger partial charge in [-0.05, 0) is 38.4 Å². The van der Waals surface area contributed by atoms with Gasteiger partial charge in [-0.1, -0.05) is 0 Å².